The molecule has 0 unspecified atom stereocenters. The third kappa shape index (κ3) is 6.18. The summed E-state index contributed by atoms with van der Waals surface area (Å²) in [6, 6.07) is 6.64. The van der Waals surface area contributed by atoms with Gasteiger partial charge in [-0.15, -0.1) is 0 Å². The van der Waals surface area contributed by atoms with Crippen LogP contribution in [0.15, 0.2) is 29.3 Å². The highest BCUT2D eigenvalue weighted by Gasteiger charge is 2.18. The number of hydrogen-bond acceptors (Lipinski definition) is 2. The maximum Gasteiger partial charge on any atom is 0.191 e. The first-order valence-electron chi connectivity index (χ1n) is 8.62. The fourth-order valence-electron chi connectivity index (χ4n) is 3.02. The van der Waals surface area contributed by atoms with E-state index in [9.17, 15) is 4.39 Å². The molecule has 2 N–H and O–H groups in total. The molecule has 1 fully saturated rings. The number of guanidine groups is 1. The molecule has 2 rings (SSSR count). The highest BCUT2D eigenvalue weighted by Crippen LogP contribution is 2.16. The molecule has 5 heteroatoms. The number of nitrogens with one attached hydrogen (secondary N) is 2. The second-order valence-corrected chi connectivity index (χ2v) is 6.22. The lowest BCUT2D eigenvalue weighted by molar-refractivity contribution is 0.185. The number of aliphatic imine (C=N–C) groups is 1. The topological polar surface area (TPSA) is 39.7 Å². The van der Waals surface area contributed by atoms with Gasteiger partial charge in [0.1, 0.15) is 5.82 Å². The van der Waals surface area contributed by atoms with Gasteiger partial charge in [0, 0.05) is 20.1 Å². The molecule has 0 spiro atoms. The Morgan fingerprint density at radius 2 is 2.09 bits per heavy atom. The van der Waals surface area contributed by atoms with E-state index in [0.717, 1.165) is 18.1 Å². The van der Waals surface area contributed by atoms with Crippen molar-refractivity contribution < 1.29 is 4.39 Å². The van der Waals surface area contributed by atoms with Gasteiger partial charge in [0.25, 0.3) is 0 Å². The van der Waals surface area contributed by atoms with Crippen molar-refractivity contribution in [2.75, 3.05) is 33.2 Å². The molecule has 0 aliphatic carbocycles. The number of benzene rings is 1. The van der Waals surface area contributed by atoms with Crippen LogP contribution in [-0.4, -0.2) is 44.1 Å². The summed E-state index contributed by atoms with van der Waals surface area (Å²) in [6.45, 7) is 7.39. The number of nitrogens with zero attached hydrogens (tertiary/aromatic N) is 2. The Morgan fingerprint density at radius 1 is 1.30 bits per heavy atom. The first-order chi connectivity index (χ1) is 11.2. The van der Waals surface area contributed by atoms with Gasteiger partial charge in [0.2, 0.25) is 0 Å². The molecule has 0 saturated carbocycles. The molecule has 1 aromatic rings. The van der Waals surface area contributed by atoms with Crippen LogP contribution in [0.1, 0.15) is 31.7 Å². The molecule has 0 amide bonds. The molecule has 1 saturated heterocycles. The van der Waals surface area contributed by atoms with Crippen molar-refractivity contribution in [3.05, 3.63) is 35.6 Å². The van der Waals surface area contributed by atoms with Crippen LogP contribution < -0.4 is 10.6 Å². The van der Waals surface area contributed by atoms with Gasteiger partial charge in [-0.25, -0.2) is 4.39 Å². The Morgan fingerprint density at radius 3 is 2.74 bits per heavy atom. The quantitative estimate of drug-likeness (QED) is 0.625. The molecule has 0 atom stereocenters. The predicted octanol–water partition coefficient (Wildman–Crippen LogP) is 2.61. The number of likely N-dealkylation sites (tertiary alicyclic amines) is 1. The van der Waals surface area contributed by atoms with Crippen molar-refractivity contribution >= 4 is 5.96 Å². The molecule has 0 aromatic heterocycles. The Balaban J connectivity index is 1.69. The van der Waals surface area contributed by atoms with E-state index in [-0.39, 0.29) is 5.82 Å². The minimum absolute atomic E-state index is 0.203. The van der Waals surface area contributed by atoms with Gasteiger partial charge in [-0.3, -0.25) is 4.99 Å². The summed E-state index contributed by atoms with van der Waals surface area (Å²) in [5.41, 5.74) is 0.917. The molecular formula is C18H29FN4. The van der Waals surface area contributed by atoms with Crippen LogP contribution in [0.25, 0.3) is 0 Å². The fourth-order valence-corrected chi connectivity index (χ4v) is 3.02. The smallest absolute Gasteiger partial charge is 0.191 e. The predicted molar refractivity (Wildman–Crippen MR) is 94.1 cm³/mol. The molecule has 4 nitrogen and oxygen atoms in total. The van der Waals surface area contributed by atoms with Crippen LogP contribution in [0.4, 0.5) is 4.39 Å². The maximum atomic E-state index is 13.2. The Kier molecular flexibility index (Phi) is 7.33. The second-order valence-electron chi connectivity index (χ2n) is 6.22. The standard InChI is InChI=1S/C18H29FN4/c1-3-9-23-10-7-15(8-11-23)13-21-18(20-2)22-14-16-5-4-6-17(19)12-16/h4-6,12,15H,3,7-11,13-14H2,1-2H3,(H2,20,21,22). The zero-order valence-corrected chi connectivity index (χ0v) is 14.3. The van der Waals surface area contributed by atoms with E-state index in [1.165, 1.54) is 45.0 Å². The average Bonchev–Trinajstić information content (AvgIpc) is 2.57. The normalized spacial score (nSPS) is 17.3. The number of piperidine rings is 1. The van der Waals surface area contributed by atoms with Crippen LogP contribution in [0.3, 0.4) is 0 Å². The third-order valence-corrected chi connectivity index (χ3v) is 4.38. The molecule has 0 radical (unpaired) electrons. The summed E-state index contributed by atoms with van der Waals surface area (Å²) < 4.78 is 13.2. The lowest BCUT2D eigenvalue weighted by atomic mass is 9.97. The van der Waals surface area contributed by atoms with Gasteiger partial charge < -0.3 is 15.5 Å². The molecule has 128 valence electrons. The van der Waals surface area contributed by atoms with Crippen molar-refractivity contribution in [1.29, 1.82) is 0 Å². The third-order valence-electron chi connectivity index (χ3n) is 4.38. The number of halogens is 1. The van der Waals surface area contributed by atoms with E-state index in [4.69, 9.17) is 0 Å². The van der Waals surface area contributed by atoms with Gasteiger partial charge >= 0.3 is 0 Å². The first kappa shape index (κ1) is 17.7. The summed E-state index contributed by atoms with van der Waals surface area (Å²) in [6.07, 6.45) is 3.72. The lowest BCUT2D eigenvalue weighted by Crippen LogP contribution is -2.42. The highest BCUT2D eigenvalue weighted by molar-refractivity contribution is 5.79. The largest absolute Gasteiger partial charge is 0.356 e. The van der Waals surface area contributed by atoms with Crippen LogP contribution >= 0.6 is 0 Å². The van der Waals surface area contributed by atoms with Gasteiger partial charge in [-0.1, -0.05) is 19.1 Å². The molecule has 1 aromatic carbocycles. The number of rotatable bonds is 6. The SMILES string of the molecule is CCCN1CCC(CNC(=NC)NCc2cccc(F)c2)CC1. The van der Waals surface area contributed by atoms with Crippen molar-refractivity contribution in [3.63, 3.8) is 0 Å². The van der Waals surface area contributed by atoms with Gasteiger partial charge in [-0.05, 0) is 62.5 Å². The molecule has 1 aliphatic rings. The summed E-state index contributed by atoms with van der Waals surface area (Å²) in [7, 11) is 1.77. The van der Waals surface area contributed by atoms with E-state index in [0.29, 0.717) is 12.5 Å². The molecule has 1 heterocycles. The minimum Gasteiger partial charge on any atom is -0.356 e. The van der Waals surface area contributed by atoms with Crippen molar-refractivity contribution in [2.45, 2.75) is 32.7 Å². The van der Waals surface area contributed by atoms with Crippen LogP contribution in [0.2, 0.25) is 0 Å². The van der Waals surface area contributed by atoms with E-state index in [1.54, 1.807) is 19.2 Å². The van der Waals surface area contributed by atoms with Crippen molar-refractivity contribution in [2.24, 2.45) is 10.9 Å². The Bertz CT molecular complexity index is 496. The zero-order valence-electron chi connectivity index (χ0n) is 14.3. The Hall–Kier alpha value is -1.62. The van der Waals surface area contributed by atoms with Crippen LogP contribution in [0.5, 0.6) is 0 Å². The summed E-state index contributed by atoms with van der Waals surface area (Å²) in [4.78, 5) is 6.79. The highest BCUT2D eigenvalue weighted by atomic mass is 19.1. The average molecular weight is 320 g/mol. The first-order valence-corrected chi connectivity index (χ1v) is 8.62. The molecule has 1 aliphatic heterocycles. The van der Waals surface area contributed by atoms with Gasteiger partial charge in [0.05, 0.1) is 0 Å². The van der Waals surface area contributed by atoms with E-state index in [1.807, 2.05) is 6.07 Å². The monoisotopic (exact) mass is 320 g/mol. The summed E-state index contributed by atoms with van der Waals surface area (Å²) >= 11 is 0. The van der Waals surface area contributed by atoms with E-state index in [2.05, 4.69) is 27.4 Å². The zero-order chi connectivity index (χ0) is 16.5. The second kappa shape index (κ2) is 9.50. The molecule has 0 bridgehead atoms. The minimum atomic E-state index is -0.203. The van der Waals surface area contributed by atoms with E-state index >= 15 is 0 Å². The van der Waals surface area contributed by atoms with Crippen LogP contribution in [-0.2, 0) is 6.54 Å². The van der Waals surface area contributed by atoms with Gasteiger partial charge in [-0.2, -0.15) is 0 Å². The van der Waals surface area contributed by atoms with Crippen LogP contribution in [0, 0.1) is 11.7 Å². The summed E-state index contributed by atoms with van der Waals surface area (Å²) in [5, 5.41) is 6.64. The summed E-state index contributed by atoms with van der Waals surface area (Å²) in [5.74, 6) is 1.28. The fraction of sp³-hybridized carbons (Fsp3) is 0.611. The Labute approximate surface area is 139 Å². The molecule has 23 heavy (non-hydrogen) atoms. The van der Waals surface area contributed by atoms with Crippen molar-refractivity contribution in [1.82, 2.24) is 15.5 Å². The number of hydrogen-bond donors (Lipinski definition) is 2. The van der Waals surface area contributed by atoms with E-state index < -0.39 is 0 Å². The lowest BCUT2D eigenvalue weighted by Gasteiger charge is -2.32. The maximum absolute atomic E-state index is 13.2. The molecular weight excluding hydrogens is 291 g/mol. The van der Waals surface area contributed by atoms with Gasteiger partial charge in [0.15, 0.2) is 5.96 Å². The van der Waals surface area contributed by atoms with Crippen molar-refractivity contribution in [3.8, 4) is 0 Å².